The van der Waals surface area contributed by atoms with E-state index < -0.39 is 23.0 Å². The van der Waals surface area contributed by atoms with Crippen molar-refractivity contribution >= 4 is 17.6 Å². The number of hydrogen-bond acceptors (Lipinski definition) is 6. The van der Waals surface area contributed by atoms with Crippen molar-refractivity contribution in [2.24, 2.45) is 5.92 Å². The predicted molar refractivity (Wildman–Crippen MR) is 84.5 cm³/mol. The third kappa shape index (κ3) is 4.88. The highest BCUT2D eigenvalue weighted by Gasteiger charge is 2.28. The van der Waals surface area contributed by atoms with Gasteiger partial charge >= 0.3 is 11.7 Å². The molecule has 0 saturated carbocycles. The quantitative estimate of drug-likeness (QED) is 0.440. The molecule has 0 N–H and O–H groups in total. The summed E-state index contributed by atoms with van der Waals surface area (Å²) in [5.41, 5.74) is -0.407. The number of hydrogen-bond donors (Lipinski definition) is 0. The molecule has 1 aliphatic heterocycles. The number of ether oxygens (including phenoxy) is 2. The summed E-state index contributed by atoms with van der Waals surface area (Å²) in [7, 11) is 0. The first-order valence-electron chi connectivity index (χ1n) is 7.93. The van der Waals surface area contributed by atoms with Crippen LogP contribution >= 0.6 is 0 Å². The number of amides is 1. The third-order valence-corrected chi connectivity index (χ3v) is 3.94. The number of nitro benzene ring substituents is 1. The molecule has 9 heteroatoms. The van der Waals surface area contributed by atoms with Crippen molar-refractivity contribution in [3.8, 4) is 5.75 Å². The van der Waals surface area contributed by atoms with E-state index in [1.165, 1.54) is 4.90 Å². The molecule has 0 aromatic heterocycles. The molecule has 1 aliphatic rings. The molecule has 136 valence electrons. The third-order valence-electron chi connectivity index (χ3n) is 3.94. The lowest BCUT2D eigenvalue weighted by Crippen LogP contribution is -2.42. The van der Waals surface area contributed by atoms with Gasteiger partial charge in [0.2, 0.25) is 5.75 Å². The van der Waals surface area contributed by atoms with Crippen molar-refractivity contribution in [3.63, 3.8) is 0 Å². The lowest BCUT2D eigenvalue weighted by molar-refractivity contribution is -0.385. The Bertz CT molecular complexity index is 658. The van der Waals surface area contributed by atoms with E-state index >= 15 is 0 Å². The SMILES string of the molecule is CCOC(=O)C1CCN(C(=O)COc2cc(F)ccc2[N+](=O)[O-])CC1. The number of rotatable bonds is 6. The van der Waals surface area contributed by atoms with Gasteiger partial charge in [-0.3, -0.25) is 19.7 Å². The zero-order valence-electron chi connectivity index (χ0n) is 13.8. The normalized spacial score (nSPS) is 14.9. The van der Waals surface area contributed by atoms with Gasteiger partial charge in [-0.15, -0.1) is 0 Å². The molecule has 0 bridgehead atoms. The monoisotopic (exact) mass is 354 g/mol. The molecule has 25 heavy (non-hydrogen) atoms. The number of piperidine rings is 1. The van der Waals surface area contributed by atoms with Crippen LogP contribution < -0.4 is 4.74 Å². The van der Waals surface area contributed by atoms with Crippen molar-refractivity contribution in [2.75, 3.05) is 26.3 Å². The van der Waals surface area contributed by atoms with Gasteiger partial charge in [-0.05, 0) is 25.8 Å². The van der Waals surface area contributed by atoms with Crippen molar-refractivity contribution in [1.29, 1.82) is 0 Å². The van der Waals surface area contributed by atoms with E-state index in [2.05, 4.69) is 0 Å². The van der Waals surface area contributed by atoms with Gasteiger partial charge in [0, 0.05) is 25.2 Å². The summed E-state index contributed by atoms with van der Waals surface area (Å²) in [6, 6.07) is 2.81. The standard InChI is InChI=1S/C16H19FN2O6/c1-2-24-16(21)11-5-7-18(8-6-11)15(20)10-25-14-9-12(17)3-4-13(14)19(22)23/h3-4,9,11H,2,5-8,10H2,1H3. The van der Waals surface area contributed by atoms with Crippen molar-refractivity contribution < 1.29 is 28.4 Å². The van der Waals surface area contributed by atoms with Gasteiger partial charge in [0.1, 0.15) is 5.82 Å². The maximum atomic E-state index is 13.2. The highest BCUT2D eigenvalue weighted by molar-refractivity contribution is 5.78. The van der Waals surface area contributed by atoms with Crippen LogP contribution in [0.1, 0.15) is 19.8 Å². The minimum absolute atomic E-state index is 0.228. The van der Waals surface area contributed by atoms with Crippen LogP contribution in [0.3, 0.4) is 0 Å². The predicted octanol–water partition coefficient (Wildman–Crippen LogP) is 1.91. The number of halogens is 1. The number of nitro groups is 1. The Morgan fingerprint density at radius 2 is 2.04 bits per heavy atom. The lowest BCUT2D eigenvalue weighted by atomic mass is 9.97. The van der Waals surface area contributed by atoms with Crippen LogP contribution in [0, 0.1) is 21.8 Å². The number of carbonyl (C=O) groups excluding carboxylic acids is 2. The first-order valence-corrected chi connectivity index (χ1v) is 7.93. The number of carbonyl (C=O) groups is 2. The maximum absolute atomic E-state index is 13.2. The minimum atomic E-state index is -0.704. The van der Waals surface area contributed by atoms with Gasteiger partial charge in [0.15, 0.2) is 6.61 Å². The van der Waals surface area contributed by atoms with Gasteiger partial charge in [-0.1, -0.05) is 0 Å². The van der Waals surface area contributed by atoms with E-state index in [0.29, 0.717) is 32.5 Å². The second-order valence-corrected chi connectivity index (χ2v) is 5.56. The number of likely N-dealkylation sites (tertiary alicyclic amines) is 1. The topological polar surface area (TPSA) is 99.0 Å². The highest BCUT2D eigenvalue weighted by Crippen LogP contribution is 2.27. The Morgan fingerprint density at radius 1 is 1.36 bits per heavy atom. The van der Waals surface area contributed by atoms with Gasteiger partial charge in [-0.2, -0.15) is 0 Å². The Hall–Kier alpha value is -2.71. The molecule has 1 amide bonds. The fraction of sp³-hybridized carbons (Fsp3) is 0.500. The summed E-state index contributed by atoms with van der Waals surface area (Å²) in [4.78, 5) is 35.5. The van der Waals surface area contributed by atoms with Crippen molar-refractivity contribution in [1.82, 2.24) is 4.90 Å². The number of benzene rings is 1. The van der Waals surface area contributed by atoms with E-state index in [9.17, 15) is 24.1 Å². The Kier molecular flexibility index (Phi) is 6.26. The van der Waals surface area contributed by atoms with Crippen LogP contribution in [0.5, 0.6) is 5.75 Å². The maximum Gasteiger partial charge on any atom is 0.311 e. The van der Waals surface area contributed by atoms with Crippen LogP contribution in [0.15, 0.2) is 18.2 Å². The van der Waals surface area contributed by atoms with E-state index in [1.807, 2.05) is 0 Å². The van der Waals surface area contributed by atoms with Crippen LogP contribution in [0.25, 0.3) is 0 Å². The van der Waals surface area contributed by atoms with Crippen LogP contribution in [-0.2, 0) is 14.3 Å². The summed E-state index contributed by atoms with van der Waals surface area (Å²) < 4.78 is 23.3. The molecule has 1 aromatic carbocycles. The second kappa shape index (κ2) is 8.41. The zero-order chi connectivity index (χ0) is 18.4. The van der Waals surface area contributed by atoms with Crippen molar-refractivity contribution in [2.45, 2.75) is 19.8 Å². The average Bonchev–Trinajstić information content (AvgIpc) is 2.59. The van der Waals surface area contributed by atoms with Gasteiger partial charge in [0.05, 0.1) is 17.4 Å². The summed E-state index contributed by atoms with van der Waals surface area (Å²) >= 11 is 0. The molecule has 0 aliphatic carbocycles. The van der Waals surface area contributed by atoms with Gasteiger partial charge < -0.3 is 14.4 Å². The zero-order valence-corrected chi connectivity index (χ0v) is 13.8. The fourth-order valence-corrected chi connectivity index (χ4v) is 2.61. The smallest absolute Gasteiger partial charge is 0.311 e. The molecule has 2 rings (SSSR count). The lowest BCUT2D eigenvalue weighted by Gasteiger charge is -2.30. The Labute approximate surface area is 143 Å². The molecular formula is C16H19FN2O6. The van der Waals surface area contributed by atoms with E-state index in [1.54, 1.807) is 6.92 Å². The van der Waals surface area contributed by atoms with Crippen LogP contribution in [0.2, 0.25) is 0 Å². The highest BCUT2D eigenvalue weighted by atomic mass is 19.1. The first-order chi connectivity index (χ1) is 11.9. The largest absolute Gasteiger partial charge is 0.477 e. The van der Waals surface area contributed by atoms with Gasteiger partial charge in [-0.25, -0.2) is 4.39 Å². The Morgan fingerprint density at radius 3 is 2.64 bits per heavy atom. The molecule has 0 atom stereocenters. The molecule has 0 radical (unpaired) electrons. The molecule has 0 unspecified atom stereocenters. The summed E-state index contributed by atoms with van der Waals surface area (Å²) in [5, 5.41) is 10.9. The first kappa shape index (κ1) is 18.6. The van der Waals surface area contributed by atoms with Gasteiger partial charge in [0.25, 0.3) is 5.91 Å². The summed E-state index contributed by atoms with van der Waals surface area (Å²) in [5.74, 6) is -1.85. The molecule has 1 fully saturated rings. The minimum Gasteiger partial charge on any atom is -0.477 e. The summed E-state index contributed by atoms with van der Waals surface area (Å²) in [6.07, 6.45) is 0.982. The van der Waals surface area contributed by atoms with Crippen LogP contribution in [0.4, 0.5) is 10.1 Å². The molecule has 1 heterocycles. The second-order valence-electron chi connectivity index (χ2n) is 5.56. The van der Waals surface area contributed by atoms with Crippen LogP contribution in [-0.4, -0.2) is 48.0 Å². The van der Waals surface area contributed by atoms with E-state index in [4.69, 9.17) is 9.47 Å². The number of esters is 1. The summed E-state index contributed by atoms with van der Waals surface area (Å²) in [6.45, 7) is 2.36. The average molecular weight is 354 g/mol. The Balaban J connectivity index is 1.89. The molecule has 1 saturated heterocycles. The molecular weight excluding hydrogens is 335 g/mol. The van der Waals surface area contributed by atoms with Crippen molar-refractivity contribution in [3.05, 3.63) is 34.1 Å². The van der Waals surface area contributed by atoms with E-state index in [0.717, 1.165) is 18.2 Å². The molecule has 8 nitrogen and oxygen atoms in total. The molecule has 0 spiro atoms. The molecule has 1 aromatic rings. The number of nitrogens with zero attached hydrogens (tertiary/aromatic N) is 2. The van der Waals surface area contributed by atoms with E-state index in [-0.39, 0.29) is 23.5 Å². The fourth-order valence-electron chi connectivity index (χ4n) is 2.61.